The molecule has 2 heterocycles. The Morgan fingerprint density at radius 3 is 2.33 bits per heavy atom. The van der Waals surface area contributed by atoms with Gasteiger partial charge in [0.05, 0.1) is 12.6 Å². The molecule has 2 aliphatic heterocycles. The van der Waals surface area contributed by atoms with E-state index in [1.54, 1.807) is 13.8 Å². The van der Waals surface area contributed by atoms with E-state index in [0.29, 0.717) is 26.0 Å². The van der Waals surface area contributed by atoms with Crippen molar-refractivity contribution in [1.82, 2.24) is 15.5 Å². The van der Waals surface area contributed by atoms with Crippen molar-refractivity contribution in [3.8, 4) is 0 Å². The maximum atomic E-state index is 12.6. The highest BCUT2D eigenvalue weighted by atomic mass is 16.6. The van der Waals surface area contributed by atoms with Crippen molar-refractivity contribution < 1.29 is 23.9 Å². The standard InChI is InChI=1S/C19H31N3O5/c1-11(2)9-14(16(24)19(5)10-27-19)21-17(25)12(3)20-18(26)15-7-6-8-22(15)13(4)23/h11-12,14-15H,6-10H2,1-5H3,(H,20,26)(H,21,25)/t12-,14-,15-,19?/m0/s1. The van der Waals surface area contributed by atoms with E-state index in [9.17, 15) is 19.2 Å². The third-order valence-electron chi connectivity index (χ3n) is 5.15. The number of likely N-dealkylation sites (tertiary alicyclic amines) is 1. The number of epoxide rings is 1. The molecule has 0 aromatic heterocycles. The lowest BCUT2D eigenvalue weighted by Gasteiger charge is -2.26. The van der Waals surface area contributed by atoms with Gasteiger partial charge in [0.1, 0.15) is 17.7 Å². The first-order chi connectivity index (χ1) is 12.5. The van der Waals surface area contributed by atoms with Crippen molar-refractivity contribution in [3.05, 3.63) is 0 Å². The van der Waals surface area contributed by atoms with Gasteiger partial charge in [0.2, 0.25) is 17.7 Å². The first kappa shape index (κ1) is 21.3. The molecule has 27 heavy (non-hydrogen) atoms. The number of Topliss-reactive ketones (excluding diaryl/α,β-unsaturated/α-hetero) is 1. The van der Waals surface area contributed by atoms with Gasteiger partial charge in [0.25, 0.3) is 0 Å². The van der Waals surface area contributed by atoms with Crippen molar-refractivity contribution in [2.45, 2.75) is 77.6 Å². The van der Waals surface area contributed by atoms with Crippen LogP contribution in [0.2, 0.25) is 0 Å². The number of nitrogens with one attached hydrogen (secondary N) is 2. The van der Waals surface area contributed by atoms with Crippen LogP contribution in [-0.4, -0.2) is 65.3 Å². The summed E-state index contributed by atoms with van der Waals surface area (Å²) in [6.45, 7) is 9.60. The van der Waals surface area contributed by atoms with E-state index < -0.39 is 29.6 Å². The van der Waals surface area contributed by atoms with Crippen molar-refractivity contribution in [2.24, 2.45) is 5.92 Å². The van der Waals surface area contributed by atoms with Crippen molar-refractivity contribution in [3.63, 3.8) is 0 Å². The minimum atomic E-state index is -0.814. The summed E-state index contributed by atoms with van der Waals surface area (Å²) in [7, 11) is 0. The van der Waals surface area contributed by atoms with Crippen LogP contribution in [0.3, 0.4) is 0 Å². The van der Waals surface area contributed by atoms with Crippen LogP contribution in [0.15, 0.2) is 0 Å². The average Bonchev–Trinajstić information content (AvgIpc) is 3.13. The fourth-order valence-corrected chi connectivity index (χ4v) is 3.41. The van der Waals surface area contributed by atoms with Crippen LogP contribution in [0.5, 0.6) is 0 Å². The van der Waals surface area contributed by atoms with Gasteiger partial charge in [0, 0.05) is 13.5 Å². The number of hydrogen-bond acceptors (Lipinski definition) is 5. The Balaban J connectivity index is 1.95. The van der Waals surface area contributed by atoms with Gasteiger partial charge < -0.3 is 20.3 Å². The van der Waals surface area contributed by atoms with E-state index in [1.165, 1.54) is 11.8 Å². The summed E-state index contributed by atoms with van der Waals surface area (Å²) < 4.78 is 5.22. The zero-order chi connectivity index (χ0) is 20.4. The molecular formula is C19H31N3O5. The van der Waals surface area contributed by atoms with Crippen LogP contribution in [0.4, 0.5) is 0 Å². The highest BCUT2D eigenvalue weighted by molar-refractivity contribution is 5.98. The Kier molecular flexibility index (Phi) is 6.62. The van der Waals surface area contributed by atoms with Crippen molar-refractivity contribution in [2.75, 3.05) is 13.2 Å². The lowest BCUT2D eigenvalue weighted by molar-refractivity contribution is -0.138. The third kappa shape index (κ3) is 5.28. The van der Waals surface area contributed by atoms with Gasteiger partial charge in [-0.3, -0.25) is 19.2 Å². The highest BCUT2D eigenvalue weighted by Crippen LogP contribution is 2.29. The fraction of sp³-hybridized carbons (Fsp3) is 0.789. The summed E-state index contributed by atoms with van der Waals surface area (Å²) >= 11 is 0. The molecule has 0 spiro atoms. The number of ether oxygens (including phenoxy) is 1. The van der Waals surface area contributed by atoms with Crippen molar-refractivity contribution >= 4 is 23.5 Å². The molecule has 152 valence electrons. The minimum Gasteiger partial charge on any atom is -0.361 e. The number of carbonyl (C=O) groups is 4. The summed E-state index contributed by atoms with van der Waals surface area (Å²) in [4.78, 5) is 50.8. The van der Waals surface area contributed by atoms with Gasteiger partial charge in [-0.15, -0.1) is 0 Å². The first-order valence-corrected chi connectivity index (χ1v) is 9.61. The lowest BCUT2D eigenvalue weighted by atomic mass is 9.93. The normalized spacial score (nSPS) is 26.4. The molecule has 0 aromatic carbocycles. The molecular weight excluding hydrogens is 350 g/mol. The predicted molar refractivity (Wildman–Crippen MR) is 98.8 cm³/mol. The molecule has 2 saturated heterocycles. The topological polar surface area (TPSA) is 108 Å². The molecule has 0 aliphatic carbocycles. The second-order valence-corrected chi connectivity index (χ2v) is 8.18. The van der Waals surface area contributed by atoms with Crippen LogP contribution < -0.4 is 10.6 Å². The van der Waals surface area contributed by atoms with Crippen LogP contribution in [0.1, 0.15) is 53.9 Å². The number of rotatable bonds is 8. The molecule has 0 radical (unpaired) electrons. The second kappa shape index (κ2) is 8.37. The Hall–Kier alpha value is -1.96. The molecule has 8 nitrogen and oxygen atoms in total. The Labute approximate surface area is 160 Å². The van der Waals surface area contributed by atoms with Crippen LogP contribution >= 0.6 is 0 Å². The number of ketones is 1. The largest absolute Gasteiger partial charge is 0.361 e. The molecule has 2 rings (SSSR count). The maximum Gasteiger partial charge on any atom is 0.243 e. The molecule has 0 saturated carbocycles. The Morgan fingerprint density at radius 1 is 1.19 bits per heavy atom. The number of amides is 3. The molecule has 4 atom stereocenters. The van der Waals surface area contributed by atoms with Crippen LogP contribution in [-0.2, 0) is 23.9 Å². The van der Waals surface area contributed by atoms with E-state index in [0.717, 1.165) is 6.42 Å². The number of hydrogen-bond donors (Lipinski definition) is 2. The molecule has 3 amide bonds. The lowest BCUT2D eigenvalue weighted by Crippen LogP contribution is -2.55. The molecule has 2 N–H and O–H groups in total. The van der Waals surface area contributed by atoms with E-state index in [1.807, 2.05) is 13.8 Å². The first-order valence-electron chi connectivity index (χ1n) is 9.61. The summed E-state index contributed by atoms with van der Waals surface area (Å²) in [5, 5.41) is 5.43. The van der Waals surface area contributed by atoms with Crippen LogP contribution in [0, 0.1) is 5.92 Å². The highest BCUT2D eigenvalue weighted by Gasteiger charge is 2.50. The van der Waals surface area contributed by atoms with E-state index >= 15 is 0 Å². The fourth-order valence-electron chi connectivity index (χ4n) is 3.41. The maximum absolute atomic E-state index is 12.6. The number of nitrogens with zero attached hydrogens (tertiary/aromatic N) is 1. The van der Waals surface area contributed by atoms with Gasteiger partial charge in [-0.05, 0) is 39.0 Å². The predicted octanol–water partition coefficient (Wildman–Crippen LogP) is 0.391. The third-order valence-corrected chi connectivity index (χ3v) is 5.15. The summed E-state index contributed by atoms with van der Waals surface area (Å²) in [5.41, 5.74) is -0.814. The zero-order valence-corrected chi connectivity index (χ0v) is 16.8. The summed E-state index contributed by atoms with van der Waals surface area (Å²) in [5.74, 6) is -0.825. The SMILES string of the molecule is CC(=O)N1CCC[C@H]1C(=O)N[C@@H](C)C(=O)N[C@@H](CC(C)C)C(=O)C1(C)CO1. The van der Waals surface area contributed by atoms with Crippen LogP contribution in [0.25, 0.3) is 0 Å². The van der Waals surface area contributed by atoms with Crippen molar-refractivity contribution in [1.29, 1.82) is 0 Å². The van der Waals surface area contributed by atoms with E-state index in [-0.39, 0.29) is 23.5 Å². The average molecular weight is 381 g/mol. The summed E-state index contributed by atoms with van der Waals surface area (Å²) in [6.07, 6.45) is 1.86. The van der Waals surface area contributed by atoms with E-state index in [2.05, 4.69) is 10.6 Å². The van der Waals surface area contributed by atoms with Gasteiger partial charge in [-0.25, -0.2) is 0 Å². The Morgan fingerprint density at radius 2 is 1.81 bits per heavy atom. The molecule has 0 bridgehead atoms. The second-order valence-electron chi connectivity index (χ2n) is 8.18. The van der Waals surface area contributed by atoms with Gasteiger partial charge in [0.15, 0.2) is 5.78 Å². The van der Waals surface area contributed by atoms with Gasteiger partial charge in [-0.1, -0.05) is 13.8 Å². The Bertz CT molecular complexity index is 614. The summed E-state index contributed by atoms with van der Waals surface area (Å²) in [6, 6.07) is -1.99. The van der Waals surface area contributed by atoms with Gasteiger partial charge >= 0.3 is 0 Å². The number of carbonyl (C=O) groups excluding carboxylic acids is 4. The molecule has 1 unspecified atom stereocenters. The zero-order valence-electron chi connectivity index (χ0n) is 16.8. The molecule has 8 heteroatoms. The van der Waals surface area contributed by atoms with Gasteiger partial charge in [-0.2, -0.15) is 0 Å². The smallest absolute Gasteiger partial charge is 0.243 e. The quantitative estimate of drug-likeness (QED) is 0.592. The molecule has 2 aliphatic rings. The monoisotopic (exact) mass is 381 g/mol. The minimum absolute atomic E-state index is 0.137. The molecule has 0 aromatic rings. The van der Waals surface area contributed by atoms with E-state index in [4.69, 9.17) is 4.74 Å². The molecule has 2 fully saturated rings.